The highest BCUT2D eigenvalue weighted by Gasteiger charge is 2.13. The molecule has 0 saturated heterocycles. The zero-order valence-electron chi connectivity index (χ0n) is 12.4. The van der Waals surface area contributed by atoms with Crippen molar-refractivity contribution in [3.05, 3.63) is 47.7 Å². The molecule has 0 atom stereocenters. The summed E-state index contributed by atoms with van der Waals surface area (Å²) in [5.74, 6) is -0.797. The third-order valence-corrected chi connectivity index (χ3v) is 3.13. The van der Waals surface area contributed by atoms with Crippen molar-refractivity contribution < 1.29 is 21.9 Å². The summed E-state index contributed by atoms with van der Waals surface area (Å²) in [6.45, 7) is 1.92. The molecule has 0 unspecified atom stereocenters. The number of guanidine groups is 1. The molecule has 1 aromatic carbocycles. The maximum atomic E-state index is 11.9. The zero-order valence-corrected chi connectivity index (χ0v) is 13.3. The van der Waals surface area contributed by atoms with Crippen LogP contribution in [0.5, 0.6) is 0 Å². The lowest BCUT2D eigenvalue weighted by Crippen LogP contribution is -2.34. The van der Waals surface area contributed by atoms with Gasteiger partial charge in [-0.15, -0.1) is 4.28 Å². The summed E-state index contributed by atoms with van der Waals surface area (Å²) in [5.41, 5.74) is 9.04. The number of hydroxylamine groups is 1. The Hall–Kier alpha value is -2.65. The van der Waals surface area contributed by atoms with Gasteiger partial charge >= 0.3 is 5.91 Å². The van der Waals surface area contributed by atoms with Crippen LogP contribution in [0.3, 0.4) is 0 Å². The number of hydrogen-bond donors (Lipinski definition) is 2. The van der Waals surface area contributed by atoms with Gasteiger partial charge in [0.25, 0.3) is 10.1 Å². The molecule has 23 heavy (non-hydrogen) atoms. The first-order chi connectivity index (χ1) is 10.8. The first-order valence-corrected chi connectivity index (χ1v) is 8.27. The van der Waals surface area contributed by atoms with Crippen molar-refractivity contribution in [1.82, 2.24) is 5.48 Å². The van der Waals surface area contributed by atoms with Crippen LogP contribution >= 0.6 is 0 Å². The van der Waals surface area contributed by atoms with Gasteiger partial charge in [-0.1, -0.05) is 24.3 Å². The highest BCUT2D eigenvalue weighted by molar-refractivity contribution is 7.85. The van der Waals surface area contributed by atoms with Crippen LogP contribution in [-0.2, 0) is 14.4 Å². The molecule has 0 aliphatic rings. The van der Waals surface area contributed by atoms with Crippen LogP contribution in [0, 0.1) is 6.92 Å². The molecule has 1 amide bonds. The van der Waals surface area contributed by atoms with Crippen molar-refractivity contribution >= 4 is 22.0 Å². The van der Waals surface area contributed by atoms with Gasteiger partial charge in [0.05, 0.1) is 6.26 Å². The number of carbonyl (C=O) groups is 1. The lowest BCUT2D eigenvalue weighted by molar-refractivity contribution is 0.0975. The molecule has 0 bridgehead atoms. The molecular weight excluding hydrogens is 322 g/mol. The lowest BCUT2D eigenvalue weighted by atomic mass is 10.1. The maximum absolute atomic E-state index is 11.9. The van der Waals surface area contributed by atoms with Gasteiger partial charge in [0.1, 0.15) is 5.76 Å². The Morgan fingerprint density at radius 3 is 2.61 bits per heavy atom. The van der Waals surface area contributed by atoms with Gasteiger partial charge in [-0.25, -0.2) is 5.48 Å². The standard InChI is InChI=1S/C14H15N3O5S/c1-9-5-3-4-6-10(9)11-7-8-12(21-11)13(18)16-14(15)17-22-23(2,19)20/h3-8H,1-2H3,(H3,15,16,17,18). The van der Waals surface area contributed by atoms with E-state index in [0.717, 1.165) is 17.4 Å². The fourth-order valence-corrected chi connectivity index (χ4v) is 1.99. The Balaban J connectivity index is 2.14. The van der Waals surface area contributed by atoms with Crippen LogP contribution in [0.1, 0.15) is 16.1 Å². The predicted octanol–water partition coefficient (Wildman–Crippen LogP) is 1.19. The molecule has 3 N–H and O–H groups in total. The van der Waals surface area contributed by atoms with Crippen LogP contribution in [0.2, 0.25) is 0 Å². The Kier molecular flexibility index (Phi) is 4.82. The number of benzene rings is 1. The molecule has 2 aromatic rings. The van der Waals surface area contributed by atoms with E-state index < -0.39 is 22.0 Å². The molecule has 1 heterocycles. The van der Waals surface area contributed by atoms with Gasteiger partial charge in [0.2, 0.25) is 5.96 Å². The van der Waals surface area contributed by atoms with E-state index >= 15 is 0 Å². The van der Waals surface area contributed by atoms with Crippen molar-refractivity contribution in [3.63, 3.8) is 0 Å². The highest BCUT2D eigenvalue weighted by atomic mass is 32.2. The van der Waals surface area contributed by atoms with Crippen molar-refractivity contribution in [2.75, 3.05) is 6.26 Å². The summed E-state index contributed by atoms with van der Waals surface area (Å²) in [7, 11) is -3.76. The second-order valence-electron chi connectivity index (χ2n) is 4.67. The number of furan rings is 1. The summed E-state index contributed by atoms with van der Waals surface area (Å²) in [4.78, 5) is 15.3. The van der Waals surface area contributed by atoms with Crippen LogP contribution < -0.4 is 11.2 Å². The molecular formula is C14H15N3O5S. The van der Waals surface area contributed by atoms with Crippen LogP contribution in [0.15, 0.2) is 45.8 Å². The Morgan fingerprint density at radius 2 is 1.96 bits per heavy atom. The second kappa shape index (κ2) is 6.63. The fourth-order valence-electron chi connectivity index (χ4n) is 1.75. The molecule has 0 radical (unpaired) electrons. The first-order valence-electron chi connectivity index (χ1n) is 6.45. The number of nitrogens with zero attached hydrogens (tertiary/aromatic N) is 1. The molecule has 1 aromatic heterocycles. The highest BCUT2D eigenvalue weighted by Crippen LogP contribution is 2.25. The third-order valence-electron chi connectivity index (χ3n) is 2.75. The summed E-state index contributed by atoms with van der Waals surface area (Å²) < 4.78 is 31.2. The maximum Gasteiger partial charge on any atom is 0.315 e. The summed E-state index contributed by atoms with van der Waals surface area (Å²) in [6, 6.07) is 10.6. The fraction of sp³-hybridized carbons (Fsp3) is 0.143. The quantitative estimate of drug-likeness (QED) is 0.488. The minimum absolute atomic E-state index is 0.0349. The molecule has 9 heteroatoms. The van der Waals surface area contributed by atoms with Gasteiger partial charge in [0, 0.05) is 5.56 Å². The van der Waals surface area contributed by atoms with Crippen LogP contribution in [0.4, 0.5) is 0 Å². The van der Waals surface area contributed by atoms with Crippen LogP contribution in [-0.4, -0.2) is 26.5 Å². The number of hydrogen-bond acceptors (Lipinski definition) is 5. The SMILES string of the molecule is Cc1ccccc1-c1ccc(C(=O)N=C(N)NOS(C)(=O)=O)o1. The Bertz CT molecular complexity index is 855. The predicted molar refractivity (Wildman–Crippen MR) is 83.9 cm³/mol. The molecule has 122 valence electrons. The minimum atomic E-state index is -3.76. The number of amides is 1. The first kappa shape index (κ1) is 16.7. The number of aliphatic imine (C=N–C) groups is 1. The molecule has 0 saturated carbocycles. The number of carbonyl (C=O) groups excluding carboxylic acids is 1. The zero-order chi connectivity index (χ0) is 17.0. The van der Waals surface area contributed by atoms with Crippen molar-refractivity contribution in [1.29, 1.82) is 0 Å². The van der Waals surface area contributed by atoms with Gasteiger partial charge in [-0.2, -0.15) is 13.4 Å². The van der Waals surface area contributed by atoms with Gasteiger partial charge < -0.3 is 10.2 Å². The normalized spacial score (nSPS) is 12.2. The Labute approximate surface area is 133 Å². The summed E-state index contributed by atoms with van der Waals surface area (Å²) in [6.07, 6.45) is 0.816. The summed E-state index contributed by atoms with van der Waals surface area (Å²) >= 11 is 0. The molecule has 0 aliphatic carbocycles. The average molecular weight is 337 g/mol. The third kappa shape index (κ3) is 4.66. The number of nitrogens with two attached hydrogens (primary N) is 1. The Morgan fingerprint density at radius 1 is 1.26 bits per heavy atom. The number of rotatable bonds is 4. The molecule has 0 spiro atoms. The molecule has 0 aliphatic heterocycles. The largest absolute Gasteiger partial charge is 0.451 e. The lowest BCUT2D eigenvalue weighted by Gasteiger charge is -2.02. The van der Waals surface area contributed by atoms with Crippen molar-refractivity contribution in [2.45, 2.75) is 6.92 Å². The van der Waals surface area contributed by atoms with E-state index in [0.29, 0.717) is 5.76 Å². The van der Waals surface area contributed by atoms with E-state index in [1.54, 1.807) is 6.07 Å². The van der Waals surface area contributed by atoms with E-state index in [2.05, 4.69) is 9.28 Å². The van der Waals surface area contributed by atoms with Crippen LogP contribution in [0.25, 0.3) is 11.3 Å². The van der Waals surface area contributed by atoms with E-state index in [4.69, 9.17) is 10.2 Å². The molecule has 2 rings (SSSR count). The smallest absolute Gasteiger partial charge is 0.315 e. The molecule has 0 fully saturated rings. The number of nitrogens with one attached hydrogen (secondary N) is 1. The van der Waals surface area contributed by atoms with E-state index in [1.165, 1.54) is 6.07 Å². The van der Waals surface area contributed by atoms with Gasteiger partial charge in [-0.3, -0.25) is 4.79 Å². The average Bonchev–Trinajstić information content (AvgIpc) is 2.94. The van der Waals surface area contributed by atoms with Gasteiger partial charge in [0.15, 0.2) is 5.76 Å². The number of aryl methyl sites for hydroxylation is 1. The van der Waals surface area contributed by atoms with Gasteiger partial charge in [-0.05, 0) is 24.6 Å². The summed E-state index contributed by atoms with van der Waals surface area (Å²) in [5, 5.41) is 0. The molecule has 8 nitrogen and oxygen atoms in total. The second-order valence-corrected chi connectivity index (χ2v) is 6.25. The van der Waals surface area contributed by atoms with E-state index in [9.17, 15) is 13.2 Å². The minimum Gasteiger partial charge on any atom is -0.451 e. The van der Waals surface area contributed by atoms with Crippen molar-refractivity contribution in [2.24, 2.45) is 10.7 Å². The monoisotopic (exact) mass is 337 g/mol. The van der Waals surface area contributed by atoms with E-state index in [1.807, 2.05) is 36.7 Å². The van der Waals surface area contributed by atoms with Crippen molar-refractivity contribution in [3.8, 4) is 11.3 Å². The topological polar surface area (TPSA) is 124 Å². The van der Waals surface area contributed by atoms with E-state index in [-0.39, 0.29) is 5.76 Å².